The fraction of sp³-hybridized carbons (Fsp3) is 0.462. The van der Waals surface area contributed by atoms with E-state index in [1.54, 1.807) is 6.07 Å². The molecule has 2 N–H and O–H groups in total. The molecule has 0 saturated heterocycles. The van der Waals surface area contributed by atoms with Gasteiger partial charge in [0.15, 0.2) is 0 Å². The van der Waals surface area contributed by atoms with Gasteiger partial charge in [-0.2, -0.15) is 13.2 Å². The third kappa shape index (κ3) is 2.73. The summed E-state index contributed by atoms with van der Waals surface area (Å²) in [4.78, 5) is 11.3. The summed E-state index contributed by atoms with van der Waals surface area (Å²) in [5.74, 6) is -0.572. The van der Waals surface area contributed by atoms with Gasteiger partial charge < -0.3 is 10.4 Å². The minimum Gasteiger partial charge on any atom is -0.387 e. The maximum atomic E-state index is 12.7. The van der Waals surface area contributed by atoms with Crippen LogP contribution in [-0.4, -0.2) is 17.6 Å². The number of hydrogen-bond acceptors (Lipinski definition) is 2. The Labute approximate surface area is 108 Å². The Morgan fingerprint density at radius 3 is 2.53 bits per heavy atom. The number of halogens is 3. The molecular weight excluding hydrogens is 259 g/mol. The van der Waals surface area contributed by atoms with Crippen LogP contribution in [0.1, 0.15) is 30.4 Å². The van der Waals surface area contributed by atoms with E-state index >= 15 is 0 Å². The second kappa shape index (κ2) is 4.85. The van der Waals surface area contributed by atoms with E-state index in [0.29, 0.717) is 18.4 Å². The van der Waals surface area contributed by atoms with Crippen molar-refractivity contribution in [3.05, 3.63) is 35.4 Å². The molecule has 1 aromatic rings. The van der Waals surface area contributed by atoms with Crippen molar-refractivity contribution in [2.45, 2.75) is 31.0 Å². The minimum atomic E-state index is -4.40. The first-order chi connectivity index (χ1) is 8.87. The van der Waals surface area contributed by atoms with Crippen molar-refractivity contribution in [1.82, 2.24) is 5.32 Å². The fourth-order valence-electron chi connectivity index (χ4n) is 2.32. The summed E-state index contributed by atoms with van der Waals surface area (Å²) in [5.41, 5.74) is -1.05. The summed E-state index contributed by atoms with van der Waals surface area (Å²) in [7, 11) is 0. The molecule has 0 aromatic heterocycles. The molecule has 104 valence electrons. The number of nitrogens with one attached hydrogen (secondary N) is 1. The molecule has 2 rings (SSSR count). The molecule has 6 heteroatoms. The number of amides is 1. The maximum absolute atomic E-state index is 12.7. The van der Waals surface area contributed by atoms with Gasteiger partial charge in [0.2, 0.25) is 5.91 Å². The third-order valence-corrected chi connectivity index (χ3v) is 3.47. The summed E-state index contributed by atoms with van der Waals surface area (Å²) in [6.45, 7) is -0.666. The lowest BCUT2D eigenvalue weighted by Crippen LogP contribution is -2.51. The first-order valence-corrected chi connectivity index (χ1v) is 5.97. The summed E-state index contributed by atoms with van der Waals surface area (Å²) >= 11 is 0. The Morgan fingerprint density at radius 2 is 2.05 bits per heavy atom. The summed E-state index contributed by atoms with van der Waals surface area (Å²) in [6, 6.07) is 4.98. The number of aliphatic hydroxyl groups excluding tert-OH is 1. The molecule has 0 atom stereocenters. The Bertz CT molecular complexity index is 481. The molecule has 3 nitrogen and oxygen atoms in total. The van der Waals surface area contributed by atoms with Crippen LogP contribution < -0.4 is 5.32 Å². The van der Waals surface area contributed by atoms with Crippen LogP contribution in [0.2, 0.25) is 0 Å². The Morgan fingerprint density at radius 1 is 1.37 bits per heavy atom. The Kier molecular flexibility index (Phi) is 3.54. The van der Waals surface area contributed by atoms with Crippen LogP contribution in [-0.2, 0) is 16.5 Å². The van der Waals surface area contributed by atoms with Crippen molar-refractivity contribution in [3.8, 4) is 0 Å². The highest BCUT2D eigenvalue weighted by Crippen LogP contribution is 2.42. The molecule has 0 heterocycles. The highest BCUT2D eigenvalue weighted by molar-refractivity contribution is 5.78. The van der Waals surface area contributed by atoms with Gasteiger partial charge in [0.05, 0.1) is 11.1 Å². The van der Waals surface area contributed by atoms with E-state index in [1.807, 2.05) is 0 Å². The van der Waals surface area contributed by atoms with E-state index in [1.165, 1.54) is 6.07 Å². The van der Waals surface area contributed by atoms with Gasteiger partial charge in [-0.1, -0.05) is 12.1 Å². The normalized spacial score (nSPS) is 17.7. The predicted molar refractivity (Wildman–Crippen MR) is 62.2 cm³/mol. The highest BCUT2D eigenvalue weighted by atomic mass is 19.4. The SMILES string of the molecule is O=C(CO)NC1(c2cccc(C(F)(F)F)c2)CCC1. The van der Waals surface area contributed by atoms with Crippen LogP contribution in [0.25, 0.3) is 0 Å². The van der Waals surface area contributed by atoms with E-state index in [4.69, 9.17) is 5.11 Å². The van der Waals surface area contributed by atoms with Crippen molar-refractivity contribution in [2.24, 2.45) is 0 Å². The quantitative estimate of drug-likeness (QED) is 0.887. The zero-order valence-electron chi connectivity index (χ0n) is 10.1. The molecular formula is C13H14F3NO2. The van der Waals surface area contributed by atoms with Crippen LogP contribution in [0.4, 0.5) is 13.2 Å². The van der Waals surface area contributed by atoms with Gasteiger partial charge in [-0.15, -0.1) is 0 Å². The molecule has 19 heavy (non-hydrogen) atoms. The average molecular weight is 273 g/mol. The zero-order valence-corrected chi connectivity index (χ0v) is 10.1. The second-order valence-corrected chi connectivity index (χ2v) is 4.72. The Balaban J connectivity index is 2.31. The van der Waals surface area contributed by atoms with Gasteiger partial charge in [-0.05, 0) is 37.0 Å². The molecule has 1 aliphatic rings. The second-order valence-electron chi connectivity index (χ2n) is 4.72. The van der Waals surface area contributed by atoms with Crippen LogP contribution in [0.3, 0.4) is 0 Å². The molecule has 1 aliphatic carbocycles. The van der Waals surface area contributed by atoms with E-state index in [0.717, 1.165) is 18.6 Å². The van der Waals surface area contributed by atoms with E-state index in [2.05, 4.69) is 5.32 Å². The standard InChI is InChI=1S/C13H14F3NO2/c14-13(15,16)10-4-1-3-9(7-10)12(5-2-6-12)17-11(19)8-18/h1,3-4,7,18H,2,5-6,8H2,(H,17,19). The van der Waals surface area contributed by atoms with Crippen LogP contribution in [0.15, 0.2) is 24.3 Å². The van der Waals surface area contributed by atoms with Gasteiger partial charge in [0.1, 0.15) is 6.61 Å². The zero-order chi connectivity index (χ0) is 14.1. The monoisotopic (exact) mass is 273 g/mol. The largest absolute Gasteiger partial charge is 0.416 e. The number of carbonyl (C=O) groups excluding carboxylic acids is 1. The van der Waals surface area contributed by atoms with Gasteiger partial charge in [0.25, 0.3) is 0 Å². The predicted octanol–water partition coefficient (Wildman–Crippen LogP) is 2.19. The van der Waals surface area contributed by atoms with Crippen LogP contribution >= 0.6 is 0 Å². The van der Waals surface area contributed by atoms with Crippen LogP contribution in [0.5, 0.6) is 0 Å². The topological polar surface area (TPSA) is 49.3 Å². The van der Waals surface area contributed by atoms with Crippen LogP contribution in [0, 0.1) is 0 Å². The molecule has 0 unspecified atom stereocenters. The van der Waals surface area contributed by atoms with Gasteiger partial charge in [-0.25, -0.2) is 0 Å². The number of hydrogen-bond donors (Lipinski definition) is 2. The lowest BCUT2D eigenvalue weighted by atomic mass is 9.71. The molecule has 1 amide bonds. The van der Waals surface area contributed by atoms with E-state index in [-0.39, 0.29) is 0 Å². The van der Waals surface area contributed by atoms with Crippen molar-refractivity contribution < 1.29 is 23.1 Å². The molecule has 0 aliphatic heterocycles. The smallest absolute Gasteiger partial charge is 0.387 e. The first-order valence-electron chi connectivity index (χ1n) is 5.97. The number of alkyl halides is 3. The van der Waals surface area contributed by atoms with Crippen molar-refractivity contribution >= 4 is 5.91 Å². The average Bonchev–Trinajstić information content (AvgIpc) is 2.32. The van der Waals surface area contributed by atoms with Crippen molar-refractivity contribution in [2.75, 3.05) is 6.61 Å². The first kappa shape index (κ1) is 13.9. The minimum absolute atomic E-state index is 0.440. The Hall–Kier alpha value is -1.56. The van der Waals surface area contributed by atoms with Gasteiger partial charge >= 0.3 is 6.18 Å². The highest BCUT2D eigenvalue weighted by Gasteiger charge is 2.41. The molecule has 0 bridgehead atoms. The third-order valence-electron chi connectivity index (χ3n) is 3.47. The van der Waals surface area contributed by atoms with Crippen molar-refractivity contribution in [3.63, 3.8) is 0 Å². The maximum Gasteiger partial charge on any atom is 0.416 e. The van der Waals surface area contributed by atoms with E-state index < -0.39 is 29.8 Å². The number of rotatable bonds is 3. The lowest BCUT2D eigenvalue weighted by molar-refractivity contribution is -0.137. The summed E-state index contributed by atoms with van der Waals surface area (Å²) in [5, 5.41) is 11.4. The molecule has 0 radical (unpaired) electrons. The summed E-state index contributed by atoms with van der Waals surface area (Å²) in [6.07, 6.45) is -2.40. The summed E-state index contributed by atoms with van der Waals surface area (Å²) < 4.78 is 38.0. The van der Waals surface area contributed by atoms with Crippen molar-refractivity contribution in [1.29, 1.82) is 0 Å². The van der Waals surface area contributed by atoms with Gasteiger partial charge in [-0.3, -0.25) is 4.79 Å². The molecule has 1 aromatic carbocycles. The molecule has 0 spiro atoms. The number of benzene rings is 1. The number of carbonyl (C=O) groups is 1. The fourth-order valence-corrected chi connectivity index (χ4v) is 2.32. The molecule has 1 fully saturated rings. The molecule has 1 saturated carbocycles. The number of aliphatic hydroxyl groups is 1. The van der Waals surface area contributed by atoms with Gasteiger partial charge in [0, 0.05) is 0 Å². The van der Waals surface area contributed by atoms with E-state index in [9.17, 15) is 18.0 Å². The lowest BCUT2D eigenvalue weighted by Gasteiger charge is -2.43.